The molecule has 206 valence electrons. The SMILES string of the molecule is COC(=O)c1ccc(Cn2cc(-c3ccc(Cl)cc3)nc2/C=C/c2ccc(-c3ccccc3)cc2C(F)(F)F)cc1. The van der Waals surface area contributed by atoms with Gasteiger partial charge in [-0.2, -0.15) is 13.2 Å². The van der Waals surface area contributed by atoms with E-state index in [1.54, 1.807) is 72.8 Å². The molecule has 8 heteroatoms. The summed E-state index contributed by atoms with van der Waals surface area (Å²) in [5.74, 6) is 0.0267. The van der Waals surface area contributed by atoms with Crippen LogP contribution in [0.15, 0.2) is 103 Å². The number of imidazole rings is 1. The number of rotatable bonds is 7. The van der Waals surface area contributed by atoms with Gasteiger partial charge in [0, 0.05) is 23.3 Å². The van der Waals surface area contributed by atoms with Crippen LogP contribution in [0.25, 0.3) is 34.5 Å². The maximum Gasteiger partial charge on any atom is 0.417 e. The highest BCUT2D eigenvalue weighted by Crippen LogP contribution is 2.36. The summed E-state index contributed by atoms with van der Waals surface area (Å²) in [6, 6.07) is 27.4. The fourth-order valence-corrected chi connectivity index (χ4v) is 4.56. The Bertz CT molecular complexity index is 1690. The quantitative estimate of drug-likeness (QED) is 0.183. The first-order valence-corrected chi connectivity index (χ1v) is 13.0. The highest BCUT2D eigenvalue weighted by atomic mass is 35.5. The fourth-order valence-electron chi connectivity index (χ4n) is 4.43. The lowest BCUT2D eigenvalue weighted by molar-refractivity contribution is -0.137. The molecule has 41 heavy (non-hydrogen) atoms. The van der Waals surface area contributed by atoms with Crippen molar-refractivity contribution < 1.29 is 22.7 Å². The minimum atomic E-state index is -4.55. The number of halogens is 4. The second-order valence-electron chi connectivity index (χ2n) is 9.31. The van der Waals surface area contributed by atoms with E-state index in [0.29, 0.717) is 39.8 Å². The second-order valence-corrected chi connectivity index (χ2v) is 9.74. The average molecular weight is 573 g/mol. The van der Waals surface area contributed by atoms with E-state index in [-0.39, 0.29) is 5.56 Å². The standard InChI is InChI=1S/C33H24ClF3N2O2/c1-41-32(40)26-9-7-22(8-10-26)20-39-21-30(25-13-16-28(34)17-14-25)38-31(39)18-15-24-11-12-27(19-29(24)33(35,36)37)23-5-3-2-4-6-23/h2-19,21H,20H2,1H3/b18-15+. The minimum Gasteiger partial charge on any atom is -0.465 e. The van der Waals surface area contributed by atoms with Gasteiger partial charge in [0.25, 0.3) is 0 Å². The molecular weight excluding hydrogens is 549 g/mol. The molecule has 0 unspecified atom stereocenters. The van der Waals surface area contributed by atoms with Crippen LogP contribution in [-0.2, 0) is 17.5 Å². The summed E-state index contributed by atoms with van der Waals surface area (Å²) in [5.41, 5.74) is 3.23. The van der Waals surface area contributed by atoms with Crippen LogP contribution < -0.4 is 0 Å². The van der Waals surface area contributed by atoms with Crippen LogP contribution >= 0.6 is 11.6 Å². The third kappa shape index (κ3) is 6.58. The Labute approximate surface area is 240 Å². The predicted octanol–water partition coefficient (Wildman–Crippen LogP) is 8.89. The lowest BCUT2D eigenvalue weighted by atomic mass is 9.98. The van der Waals surface area contributed by atoms with E-state index in [1.807, 2.05) is 29.0 Å². The number of carbonyl (C=O) groups excluding carboxylic acids is 1. The monoisotopic (exact) mass is 572 g/mol. The first-order chi connectivity index (χ1) is 19.7. The number of methoxy groups -OCH3 is 1. The summed E-state index contributed by atoms with van der Waals surface area (Å²) < 4.78 is 48.9. The summed E-state index contributed by atoms with van der Waals surface area (Å²) >= 11 is 6.05. The number of carbonyl (C=O) groups is 1. The van der Waals surface area contributed by atoms with Crippen molar-refractivity contribution in [3.8, 4) is 22.4 Å². The van der Waals surface area contributed by atoms with Crippen LogP contribution in [0.3, 0.4) is 0 Å². The van der Waals surface area contributed by atoms with Gasteiger partial charge in [-0.05, 0) is 58.7 Å². The Morgan fingerprint density at radius 1 is 0.878 bits per heavy atom. The van der Waals surface area contributed by atoms with Gasteiger partial charge in [0.1, 0.15) is 5.82 Å². The number of benzene rings is 4. The van der Waals surface area contributed by atoms with Crippen molar-refractivity contribution in [2.75, 3.05) is 7.11 Å². The van der Waals surface area contributed by atoms with Gasteiger partial charge in [-0.15, -0.1) is 0 Å². The van der Waals surface area contributed by atoms with Gasteiger partial charge in [-0.25, -0.2) is 9.78 Å². The molecule has 0 radical (unpaired) electrons. The lowest BCUT2D eigenvalue weighted by Gasteiger charge is -2.13. The smallest absolute Gasteiger partial charge is 0.417 e. The normalized spacial score (nSPS) is 11.6. The lowest BCUT2D eigenvalue weighted by Crippen LogP contribution is -2.07. The number of aromatic nitrogens is 2. The van der Waals surface area contributed by atoms with E-state index in [0.717, 1.165) is 11.1 Å². The molecular formula is C33H24ClF3N2O2. The Kier molecular flexibility index (Phi) is 8.08. The number of hydrogen-bond acceptors (Lipinski definition) is 3. The first-order valence-electron chi connectivity index (χ1n) is 12.7. The van der Waals surface area contributed by atoms with E-state index >= 15 is 0 Å². The molecule has 4 nitrogen and oxygen atoms in total. The zero-order chi connectivity index (χ0) is 29.0. The van der Waals surface area contributed by atoms with Crippen molar-refractivity contribution >= 4 is 29.7 Å². The summed E-state index contributed by atoms with van der Waals surface area (Å²) in [6.07, 6.45) is 0.299. The van der Waals surface area contributed by atoms with Gasteiger partial charge in [-0.3, -0.25) is 0 Å². The summed E-state index contributed by atoms with van der Waals surface area (Å²) in [4.78, 5) is 16.5. The first kappa shape index (κ1) is 27.9. The third-order valence-corrected chi connectivity index (χ3v) is 6.81. The predicted molar refractivity (Wildman–Crippen MR) is 155 cm³/mol. The molecule has 5 aromatic rings. The molecule has 0 saturated heterocycles. The van der Waals surface area contributed by atoms with Gasteiger partial charge in [-0.1, -0.05) is 84.4 Å². The molecule has 0 aliphatic rings. The number of esters is 1. The maximum atomic E-state index is 14.1. The largest absolute Gasteiger partial charge is 0.465 e. The van der Waals surface area contributed by atoms with Crippen molar-refractivity contribution in [3.05, 3.63) is 136 Å². The molecule has 0 amide bonds. The van der Waals surface area contributed by atoms with Crippen molar-refractivity contribution in [2.24, 2.45) is 0 Å². The molecule has 5 rings (SSSR count). The summed E-state index contributed by atoms with van der Waals surface area (Å²) in [6.45, 7) is 0.376. The van der Waals surface area contributed by atoms with E-state index in [4.69, 9.17) is 21.3 Å². The van der Waals surface area contributed by atoms with Gasteiger partial charge in [0.15, 0.2) is 0 Å². The molecule has 0 aliphatic carbocycles. The Morgan fingerprint density at radius 3 is 2.22 bits per heavy atom. The minimum absolute atomic E-state index is 0.0298. The van der Waals surface area contributed by atoms with Crippen molar-refractivity contribution in [1.82, 2.24) is 9.55 Å². The van der Waals surface area contributed by atoms with Gasteiger partial charge in [0.05, 0.1) is 23.9 Å². The fraction of sp³-hybridized carbons (Fsp3) is 0.0909. The van der Waals surface area contributed by atoms with Crippen LogP contribution in [0, 0.1) is 0 Å². The molecule has 4 aromatic carbocycles. The van der Waals surface area contributed by atoms with E-state index in [1.165, 1.54) is 25.3 Å². The van der Waals surface area contributed by atoms with Gasteiger partial charge >= 0.3 is 12.1 Å². The maximum absolute atomic E-state index is 14.1. The van der Waals surface area contributed by atoms with Gasteiger partial charge < -0.3 is 9.30 Å². The van der Waals surface area contributed by atoms with Crippen molar-refractivity contribution in [2.45, 2.75) is 12.7 Å². The number of hydrogen-bond donors (Lipinski definition) is 0. The Morgan fingerprint density at radius 2 is 1.56 bits per heavy atom. The van der Waals surface area contributed by atoms with E-state index in [2.05, 4.69) is 0 Å². The highest BCUT2D eigenvalue weighted by molar-refractivity contribution is 6.30. The average Bonchev–Trinajstić information content (AvgIpc) is 3.38. The molecule has 0 fully saturated rings. The zero-order valence-electron chi connectivity index (χ0n) is 21.9. The van der Waals surface area contributed by atoms with Crippen LogP contribution in [0.1, 0.15) is 32.9 Å². The number of nitrogens with zero attached hydrogens (tertiary/aromatic N) is 2. The molecule has 1 aromatic heterocycles. The second kappa shape index (κ2) is 11.9. The van der Waals surface area contributed by atoms with E-state index < -0.39 is 17.7 Å². The Balaban J connectivity index is 1.52. The third-order valence-electron chi connectivity index (χ3n) is 6.55. The molecule has 0 N–H and O–H groups in total. The van der Waals surface area contributed by atoms with Crippen LogP contribution in [-0.4, -0.2) is 22.6 Å². The number of alkyl halides is 3. The Hall–Kier alpha value is -4.62. The molecule has 0 aliphatic heterocycles. The number of ether oxygens (including phenoxy) is 1. The zero-order valence-corrected chi connectivity index (χ0v) is 22.7. The van der Waals surface area contributed by atoms with E-state index in [9.17, 15) is 18.0 Å². The van der Waals surface area contributed by atoms with Crippen LogP contribution in [0.2, 0.25) is 5.02 Å². The summed E-state index contributed by atoms with van der Waals surface area (Å²) in [5, 5.41) is 0.581. The molecule has 0 bridgehead atoms. The molecule has 0 atom stereocenters. The topological polar surface area (TPSA) is 44.1 Å². The molecule has 1 heterocycles. The van der Waals surface area contributed by atoms with Crippen LogP contribution in [0.4, 0.5) is 13.2 Å². The van der Waals surface area contributed by atoms with Gasteiger partial charge in [0.2, 0.25) is 0 Å². The highest BCUT2D eigenvalue weighted by Gasteiger charge is 2.33. The summed E-state index contributed by atoms with van der Waals surface area (Å²) in [7, 11) is 1.32. The van der Waals surface area contributed by atoms with Crippen LogP contribution in [0.5, 0.6) is 0 Å². The van der Waals surface area contributed by atoms with Crippen molar-refractivity contribution in [3.63, 3.8) is 0 Å². The molecule has 0 spiro atoms. The molecule has 0 saturated carbocycles. The van der Waals surface area contributed by atoms with Crippen molar-refractivity contribution in [1.29, 1.82) is 0 Å².